The van der Waals surface area contributed by atoms with Crippen LogP contribution in [-0.2, 0) is 21.2 Å². The average Bonchev–Trinajstić information content (AvgIpc) is 3.19. The van der Waals surface area contributed by atoms with Crippen LogP contribution < -0.4 is 20.5 Å². The molecule has 5 N–H and O–H groups in total. The Morgan fingerprint density at radius 3 is 2.39 bits per heavy atom. The zero-order valence-corrected chi connectivity index (χ0v) is 19.2. The van der Waals surface area contributed by atoms with Gasteiger partial charge in [-0.3, -0.25) is 4.79 Å². The molecule has 0 fully saturated rings. The minimum atomic E-state index is -4.21. The highest BCUT2D eigenvalue weighted by atomic mass is 32.2. The number of amides is 1. The predicted octanol–water partition coefficient (Wildman–Crippen LogP) is 1.86. The van der Waals surface area contributed by atoms with Crippen LogP contribution in [0.2, 0.25) is 0 Å². The number of carbonyl (C=O) groups excluding carboxylic acids is 1. The standard InChI is InChI=1S/C21H22N4O6S2/c1-21(19(27)28,25-33(29,30)17-5-3-2-4-6-17)24-18(26)14-7-9-16(10-8-14)31-12-11-15-13-32-20(22)23-15/h2-10,13,25H,11-12H2,1H3,(H2,22,23)(H,24,26)(H,27,28)/t21-/m0/s1. The van der Waals surface area contributed by atoms with E-state index in [1.54, 1.807) is 18.2 Å². The van der Waals surface area contributed by atoms with Gasteiger partial charge in [0.25, 0.3) is 5.91 Å². The highest BCUT2D eigenvalue weighted by molar-refractivity contribution is 7.89. The van der Waals surface area contributed by atoms with Gasteiger partial charge in [-0.2, -0.15) is 4.72 Å². The Hall–Kier alpha value is -3.48. The van der Waals surface area contributed by atoms with Crippen LogP contribution in [0.3, 0.4) is 0 Å². The Balaban J connectivity index is 1.64. The van der Waals surface area contributed by atoms with Crippen LogP contribution in [0.25, 0.3) is 0 Å². The van der Waals surface area contributed by atoms with Gasteiger partial charge in [0.1, 0.15) is 5.75 Å². The van der Waals surface area contributed by atoms with Crippen LogP contribution in [0.15, 0.2) is 64.9 Å². The van der Waals surface area contributed by atoms with Crippen molar-refractivity contribution in [3.63, 3.8) is 0 Å². The van der Waals surface area contributed by atoms with E-state index in [4.69, 9.17) is 10.5 Å². The summed E-state index contributed by atoms with van der Waals surface area (Å²) in [5, 5.41) is 14.2. The summed E-state index contributed by atoms with van der Waals surface area (Å²) in [6, 6.07) is 13.2. The molecule has 3 rings (SSSR count). The van der Waals surface area contributed by atoms with Crippen molar-refractivity contribution < 1.29 is 27.9 Å². The monoisotopic (exact) mass is 490 g/mol. The van der Waals surface area contributed by atoms with Crippen LogP contribution in [0.1, 0.15) is 23.0 Å². The zero-order chi connectivity index (χ0) is 24.1. The summed E-state index contributed by atoms with van der Waals surface area (Å²) in [6.07, 6.45) is 0.564. The van der Waals surface area contributed by atoms with Gasteiger partial charge in [0.05, 0.1) is 17.2 Å². The number of benzene rings is 2. The van der Waals surface area contributed by atoms with E-state index in [0.717, 1.165) is 12.6 Å². The molecule has 12 heteroatoms. The van der Waals surface area contributed by atoms with Gasteiger partial charge in [-0.1, -0.05) is 18.2 Å². The van der Waals surface area contributed by atoms with E-state index in [-0.39, 0.29) is 10.5 Å². The number of aliphatic carboxylic acids is 1. The largest absolute Gasteiger partial charge is 0.493 e. The third kappa shape index (κ3) is 6.28. The molecule has 0 aliphatic carbocycles. The molecule has 0 unspecified atom stereocenters. The minimum absolute atomic E-state index is 0.126. The minimum Gasteiger partial charge on any atom is -0.493 e. The second kappa shape index (κ2) is 9.98. The topological polar surface area (TPSA) is 161 Å². The lowest BCUT2D eigenvalue weighted by Gasteiger charge is -2.27. The number of anilines is 1. The van der Waals surface area contributed by atoms with Gasteiger partial charge >= 0.3 is 5.97 Å². The number of sulfonamides is 1. The third-order valence-electron chi connectivity index (χ3n) is 4.50. The van der Waals surface area contributed by atoms with Crippen molar-refractivity contribution >= 4 is 38.4 Å². The fraction of sp³-hybridized carbons (Fsp3) is 0.190. The number of rotatable bonds is 10. The number of ether oxygens (including phenoxy) is 1. The number of carboxylic acid groups (broad SMARTS) is 1. The van der Waals surface area contributed by atoms with E-state index in [1.807, 2.05) is 10.1 Å². The molecule has 1 heterocycles. The van der Waals surface area contributed by atoms with E-state index < -0.39 is 27.6 Å². The number of nitrogens with one attached hydrogen (secondary N) is 2. The second-order valence-corrected chi connectivity index (χ2v) is 9.67. The third-order valence-corrected chi connectivity index (χ3v) is 6.79. The van der Waals surface area contributed by atoms with Crippen LogP contribution in [-0.4, -0.2) is 42.7 Å². The summed E-state index contributed by atoms with van der Waals surface area (Å²) in [5.41, 5.74) is 4.25. The molecule has 1 aromatic heterocycles. The first-order valence-electron chi connectivity index (χ1n) is 9.67. The molecule has 0 aliphatic heterocycles. The number of thiazole rings is 1. The van der Waals surface area contributed by atoms with Crippen molar-refractivity contribution in [2.45, 2.75) is 23.9 Å². The number of nitrogens with zero attached hydrogens (tertiary/aromatic N) is 1. The Kier molecular flexibility index (Phi) is 7.31. The van der Waals surface area contributed by atoms with Crippen molar-refractivity contribution in [1.82, 2.24) is 15.0 Å². The Morgan fingerprint density at radius 2 is 1.82 bits per heavy atom. The van der Waals surface area contributed by atoms with Gasteiger partial charge in [-0.25, -0.2) is 18.2 Å². The van der Waals surface area contributed by atoms with Crippen molar-refractivity contribution in [2.75, 3.05) is 12.3 Å². The van der Waals surface area contributed by atoms with Crippen LogP contribution in [0, 0.1) is 0 Å². The summed E-state index contributed by atoms with van der Waals surface area (Å²) in [4.78, 5) is 28.5. The van der Waals surface area contributed by atoms with Crippen molar-refractivity contribution in [3.05, 3.63) is 71.2 Å². The molecule has 0 radical (unpaired) electrons. The van der Waals surface area contributed by atoms with E-state index >= 15 is 0 Å². The van der Waals surface area contributed by atoms with Crippen LogP contribution >= 0.6 is 11.3 Å². The number of nitrogens with two attached hydrogens (primary N) is 1. The maximum atomic E-state index is 12.6. The summed E-state index contributed by atoms with van der Waals surface area (Å²) in [7, 11) is -4.21. The van der Waals surface area contributed by atoms with Gasteiger partial charge in [-0.15, -0.1) is 11.3 Å². The highest BCUT2D eigenvalue weighted by Gasteiger charge is 2.39. The van der Waals surface area contributed by atoms with Crippen molar-refractivity contribution in [3.8, 4) is 5.75 Å². The maximum Gasteiger partial charge on any atom is 0.345 e. The Morgan fingerprint density at radius 1 is 1.15 bits per heavy atom. The van der Waals surface area contributed by atoms with Gasteiger partial charge in [0.2, 0.25) is 15.7 Å². The first-order valence-corrected chi connectivity index (χ1v) is 12.0. The summed E-state index contributed by atoms with van der Waals surface area (Å²) >= 11 is 1.35. The molecular formula is C21H22N4O6S2. The van der Waals surface area contributed by atoms with Crippen molar-refractivity contribution in [2.24, 2.45) is 0 Å². The molecule has 10 nitrogen and oxygen atoms in total. The number of carboxylic acids is 1. The molecule has 33 heavy (non-hydrogen) atoms. The fourth-order valence-electron chi connectivity index (χ4n) is 2.76. The smallest absolute Gasteiger partial charge is 0.345 e. The molecular weight excluding hydrogens is 468 g/mol. The number of hydrogen-bond donors (Lipinski definition) is 4. The molecule has 0 saturated heterocycles. The van der Waals surface area contributed by atoms with E-state index in [2.05, 4.69) is 10.3 Å². The van der Waals surface area contributed by atoms with E-state index in [1.165, 1.54) is 47.7 Å². The molecule has 1 amide bonds. The van der Waals surface area contributed by atoms with Gasteiger partial charge < -0.3 is 20.9 Å². The first kappa shape index (κ1) is 24.2. The molecule has 2 aromatic carbocycles. The highest BCUT2D eigenvalue weighted by Crippen LogP contribution is 2.16. The van der Waals surface area contributed by atoms with Crippen LogP contribution in [0.5, 0.6) is 5.75 Å². The van der Waals surface area contributed by atoms with Crippen LogP contribution in [0.4, 0.5) is 5.13 Å². The average molecular weight is 491 g/mol. The fourth-order valence-corrected chi connectivity index (χ4v) is 4.67. The SMILES string of the molecule is C[C@](NC(=O)c1ccc(OCCc2csc(N)n2)cc1)(NS(=O)(=O)c1ccccc1)C(=O)O. The van der Waals surface area contributed by atoms with Gasteiger partial charge in [0.15, 0.2) is 5.13 Å². The molecule has 1 atom stereocenters. The normalized spacial score (nSPS) is 13.1. The molecule has 0 bridgehead atoms. The lowest BCUT2D eigenvalue weighted by molar-refractivity contribution is -0.144. The number of carbonyl (C=O) groups is 2. The molecule has 0 spiro atoms. The number of aromatic nitrogens is 1. The van der Waals surface area contributed by atoms with E-state index in [9.17, 15) is 23.1 Å². The van der Waals surface area contributed by atoms with Crippen molar-refractivity contribution in [1.29, 1.82) is 0 Å². The van der Waals surface area contributed by atoms with Gasteiger partial charge in [0, 0.05) is 17.4 Å². The lowest BCUT2D eigenvalue weighted by Crippen LogP contribution is -2.63. The quantitative estimate of drug-likeness (QED) is 0.313. The molecule has 3 aromatic rings. The molecule has 174 valence electrons. The van der Waals surface area contributed by atoms with Gasteiger partial charge in [-0.05, 0) is 43.3 Å². The second-order valence-electron chi connectivity index (χ2n) is 7.10. The first-order chi connectivity index (χ1) is 15.6. The van der Waals surface area contributed by atoms with E-state index in [0.29, 0.717) is 23.9 Å². The Bertz CT molecular complexity index is 1230. The summed E-state index contributed by atoms with van der Waals surface area (Å²) in [5.74, 6) is -1.85. The lowest BCUT2D eigenvalue weighted by atomic mass is 10.1. The Labute approximate surface area is 194 Å². The summed E-state index contributed by atoms with van der Waals surface area (Å²) < 4.78 is 32.8. The predicted molar refractivity (Wildman–Crippen MR) is 122 cm³/mol. The molecule has 0 saturated carbocycles. The zero-order valence-electron chi connectivity index (χ0n) is 17.5. The summed E-state index contributed by atoms with van der Waals surface area (Å²) in [6.45, 7) is 1.41. The number of nitrogen functional groups attached to an aromatic ring is 1. The molecule has 0 aliphatic rings. The maximum absolute atomic E-state index is 12.6. The number of hydrogen-bond acceptors (Lipinski definition) is 8.